The van der Waals surface area contributed by atoms with Crippen molar-refractivity contribution in [3.8, 4) is 0 Å². The molecule has 1 aliphatic rings. The summed E-state index contributed by atoms with van der Waals surface area (Å²) in [6, 6.07) is 7.59. The third-order valence-electron chi connectivity index (χ3n) is 4.26. The van der Waals surface area contributed by atoms with Gasteiger partial charge in [0.1, 0.15) is 0 Å². The van der Waals surface area contributed by atoms with Crippen molar-refractivity contribution < 1.29 is 9.53 Å². The van der Waals surface area contributed by atoms with Gasteiger partial charge in [0.2, 0.25) is 0 Å². The largest absolute Gasteiger partial charge is 0.379 e. The van der Waals surface area contributed by atoms with Crippen molar-refractivity contribution in [1.29, 1.82) is 0 Å². The van der Waals surface area contributed by atoms with Gasteiger partial charge in [-0.15, -0.1) is 0 Å². The normalized spacial score (nSPS) is 14.2. The lowest BCUT2D eigenvalue weighted by Gasteiger charge is -2.22. The monoisotopic (exact) mass is 360 g/mol. The van der Waals surface area contributed by atoms with Crippen molar-refractivity contribution in [2.24, 2.45) is 10.9 Å². The Bertz CT molecular complexity index is 599. The van der Waals surface area contributed by atoms with Gasteiger partial charge < -0.3 is 20.3 Å². The molecule has 26 heavy (non-hydrogen) atoms. The van der Waals surface area contributed by atoms with E-state index < -0.39 is 0 Å². The van der Waals surface area contributed by atoms with Crippen LogP contribution < -0.4 is 10.6 Å². The standard InChI is InChI=1S/C20H32N4O2/c1-4-21-20(24(3)12-13-26-15-17-8-9-17)23-11-10-22-19(25)18-7-5-6-16(2)14-18/h5-7,14,17H,4,8-13,15H2,1-3H3,(H,21,23)(H,22,25). The molecule has 6 heteroatoms. The highest BCUT2D eigenvalue weighted by atomic mass is 16.5. The third kappa shape index (κ3) is 7.44. The molecule has 1 aliphatic carbocycles. The van der Waals surface area contributed by atoms with Crippen LogP contribution in [0.15, 0.2) is 29.3 Å². The molecular weight excluding hydrogens is 328 g/mol. The first-order chi connectivity index (χ1) is 12.6. The van der Waals surface area contributed by atoms with E-state index in [2.05, 4.69) is 20.5 Å². The van der Waals surface area contributed by atoms with Gasteiger partial charge >= 0.3 is 0 Å². The summed E-state index contributed by atoms with van der Waals surface area (Å²) in [5, 5.41) is 6.20. The molecule has 1 amide bonds. The minimum atomic E-state index is -0.0595. The van der Waals surface area contributed by atoms with E-state index in [4.69, 9.17) is 4.74 Å². The van der Waals surface area contributed by atoms with Crippen LogP contribution in [0.25, 0.3) is 0 Å². The van der Waals surface area contributed by atoms with Crippen LogP contribution in [0.3, 0.4) is 0 Å². The number of nitrogens with one attached hydrogen (secondary N) is 2. The molecule has 0 saturated heterocycles. The summed E-state index contributed by atoms with van der Waals surface area (Å²) < 4.78 is 5.69. The van der Waals surface area contributed by atoms with Gasteiger partial charge in [-0.1, -0.05) is 17.7 Å². The summed E-state index contributed by atoms with van der Waals surface area (Å²) >= 11 is 0. The van der Waals surface area contributed by atoms with E-state index in [1.807, 2.05) is 45.2 Å². The second kappa shape index (κ2) is 10.8. The van der Waals surface area contributed by atoms with Gasteiger partial charge in [-0.2, -0.15) is 0 Å². The van der Waals surface area contributed by atoms with E-state index in [9.17, 15) is 4.79 Å². The van der Waals surface area contributed by atoms with E-state index in [1.165, 1.54) is 12.8 Å². The van der Waals surface area contributed by atoms with Gasteiger partial charge in [0.05, 0.1) is 13.2 Å². The number of carbonyl (C=O) groups excluding carboxylic acids is 1. The smallest absolute Gasteiger partial charge is 0.251 e. The number of carbonyl (C=O) groups is 1. The molecule has 0 unspecified atom stereocenters. The second-order valence-corrected chi connectivity index (χ2v) is 6.80. The number of hydrogen-bond acceptors (Lipinski definition) is 3. The van der Waals surface area contributed by atoms with Gasteiger partial charge in [-0.05, 0) is 44.7 Å². The SMILES string of the molecule is CCNC(=NCCNC(=O)c1cccc(C)c1)N(C)CCOCC1CC1. The van der Waals surface area contributed by atoms with Crippen LogP contribution in [0.2, 0.25) is 0 Å². The average molecular weight is 361 g/mol. The molecule has 0 bridgehead atoms. The van der Waals surface area contributed by atoms with Crippen LogP contribution in [-0.2, 0) is 4.74 Å². The minimum absolute atomic E-state index is 0.0595. The molecule has 6 nitrogen and oxygen atoms in total. The van der Waals surface area contributed by atoms with Crippen molar-refractivity contribution in [3.63, 3.8) is 0 Å². The van der Waals surface area contributed by atoms with Crippen LogP contribution in [0.4, 0.5) is 0 Å². The van der Waals surface area contributed by atoms with Crippen LogP contribution >= 0.6 is 0 Å². The van der Waals surface area contributed by atoms with Crippen LogP contribution in [-0.4, -0.2) is 63.2 Å². The molecule has 2 N–H and O–H groups in total. The molecular formula is C20H32N4O2. The molecule has 1 aromatic rings. The number of amides is 1. The fourth-order valence-electron chi connectivity index (χ4n) is 2.53. The predicted molar refractivity (Wildman–Crippen MR) is 106 cm³/mol. The Labute approximate surface area is 157 Å². The first-order valence-corrected chi connectivity index (χ1v) is 9.52. The second-order valence-electron chi connectivity index (χ2n) is 6.80. The molecule has 0 spiro atoms. The maximum absolute atomic E-state index is 12.1. The lowest BCUT2D eigenvalue weighted by molar-refractivity contribution is 0.0954. The molecule has 0 heterocycles. The fraction of sp³-hybridized carbons (Fsp3) is 0.600. The molecule has 2 rings (SSSR count). The zero-order valence-corrected chi connectivity index (χ0v) is 16.3. The summed E-state index contributed by atoms with van der Waals surface area (Å²) in [7, 11) is 2.01. The van der Waals surface area contributed by atoms with Gasteiger partial charge in [0.15, 0.2) is 5.96 Å². The molecule has 0 atom stereocenters. The first kappa shape index (κ1) is 20.2. The predicted octanol–water partition coefficient (Wildman–Crippen LogP) is 2.05. The molecule has 144 valence electrons. The Balaban J connectivity index is 1.71. The Morgan fingerprint density at radius 1 is 1.35 bits per heavy atom. The number of guanidine groups is 1. The number of rotatable bonds is 10. The fourth-order valence-corrected chi connectivity index (χ4v) is 2.53. The topological polar surface area (TPSA) is 66.0 Å². The van der Waals surface area contributed by atoms with Gasteiger partial charge in [-0.25, -0.2) is 0 Å². The van der Waals surface area contributed by atoms with Crippen LogP contribution in [0.5, 0.6) is 0 Å². The zero-order valence-electron chi connectivity index (χ0n) is 16.3. The van der Waals surface area contributed by atoms with E-state index in [0.29, 0.717) is 25.3 Å². The van der Waals surface area contributed by atoms with Gasteiger partial charge in [0, 0.05) is 38.9 Å². The highest BCUT2D eigenvalue weighted by Crippen LogP contribution is 2.28. The molecule has 0 aromatic heterocycles. The van der Waals surface area contributed by atoms with Crippen molar-refractivity contribution in [2.75, 3.05) is 46.4 Å². The molecule has 0 radical (unpaired) electrons. The minimum Gasteiger partial charge on any atom is -0.379 e. The highest BCUT2D eigenvalue weighted by Gasteiger charge is 2.21. The lowest BCUT2D eigenvalue weighted by Crippen LogP contribution is -2.41. The maximum Gasteiger partial charge on any atom is 0.251 e. The molecule has 1 aromatic carbocycles. The number of benzene rings is 1. The number of likely N-dealkylation sites (N-methyl/N-ethyl adjacent to an activating group) is 1. The number of aliphatic imine (C=N–C) groups is 1. The Morgan fingerprint density at radius 3 is 2.85 bits per heavy atom. The van der Waals surface area contributed by atoms with Gasteiger partial charge in [-0.3, -0.25) is 9.79 Å². The maximum atomic E-state index is 12.1. The molecule has 1 saturated carbocycles. The van der Waals surface area contributed by atoms with E-state index in [1.54, 1.807) is 0 Å². The Kier molecular flexibility index (Phi) is 8.41. The number of ether oxygens (including phenoxy) is 1. The molecule has 0 aliphatic heterocycles. The van der Waals surface area contributed by atoms with Crippen molar-refractivity contribution in [1.82, 2.24) is 15.5 Å². The third-order valence-corrected chi connectivity index (χ3v) is 4.26. The summed E-state index contributed by atoms with van der Waals surface area (Å²) in [6.07, 6.45) is 2.63. The quantitative estimate of drug-likeness (QED) is 0.381. The Hall–Kier alpha value is -2.08. The van der Waals surface area contributed by atoms with Crippen molar-refractivity contribution in [2.45, 2.75) is 26.7 Å². The number of aryl methyl sites for hydroxylation is 1. The van der Waals surface area contributed by atoms with Gasteiger partial charge in [0.25, 0.3) is 5.91 Å². The van der Waals surface area contributed by atoms with Crippen molar-refractivity contribution in [3.05, 3.63) is 35.4 Å². The highest BCUT2D eigenvalue weighted by molar-refractivity contribution is 5.94. The first-order valence-electron chi connectivity index (χ1n) is 9.52. The van der Waals surface area contributed by atoms with Crippen LogP contribution in [0, 0.1) is 12.8 Å². The molecule has 1 fully saturated rings. The summed E-state index contributed by atoms with van der Waals surface area (Å²) in [4.78, 5) is 18.8. The van der Waals surface area contributed by atoms with Crippen molar-refractivity contribution >= 4 is 11.9 Å². The Morgan fingerprint density at radius 2 is 2.15 bits per heavy atom. The zero-order chi connectivity index (χ0) is 18.8. The number of nitrogens with zero attached hydrogens (tertiary/aromatic N) is 2. The summed E-state index contributed by atoms with van der Waals surface area (Å²) in [5.41, 5.74) is 1.77. The van der Waals surface area contributed by atoms with E-state index in [-0.39, 0.29) is 5.91 Å². The number of hydrogen-bond donors (Lipinski definition) is 2. The lowest BCUT2D eigenvalue weighted by atomic mass is 10.1. The van der Waals surface area contributed by atoms with Crippen LogP contribution in [0.1, 0.15) is 35.7 Å². The summed E-state index contributed by atoms with van der Waals surface area (Å²) in [5.74, 6) is 1.57. The van der Waals surface area contributed by atoms with E-state index in [0.717, 1.165) is 37.1 Å². The van der Waals surface area contributed by atoms with E-state index >= 15 is 0 Å². The summed E-state index contributed by atoms with van der Waals surface area (Å²) in [6.45, 7) is 8.27. The average Bonchev–Trinajstić information content (AvgIpc) is 3.45.